The minimum absolute atomic E-state index is 0.159. The van der Waals surface area contributed by atoms with E-state index in [0.29, 0.717) is 0 Å². The Bertz CT molecular complexity index is 37.8. The minimum atomic E-state index is -0.159. The zero-order valence-electron chi connectivity index (χ0n) is 6.95. The molecule has 0 bridgehead atoms. The number of rotatable bonds is 6. The molecule has 0 aromatic heterocycles. The fraction of sp³-hybridized carbons (Fsp3) is 1.00. The van der Waals surface area contributed by atoms with Crippen LogP contribution in [0.1, 0.15) is 39.5 Å². The molecule has 0 rings (SSSR count). The SMILES string of the molecule is CCC[CH2][Sr][CH2]CCC. The molecule has 0 aliphatic heterocycles. The first kappa shape index (κ1) is 10.5. The maximum atomic E-state index is 2.30. The first-order valence-corrected chi connectivity index (χ1v) is 9.33. The molecule has 9 heavy (non-hydrogen) atoms. The second kappa shape index (κ2) is 9.48. The van der Waals surface area contributed by atoms with Crippen LogP contribution in [-0.4, -0.2) is 41.0 Å². The van der Waals surface area contributed by atoms with Crippen LogP contribution in [0.4, 0.5) is 0 Å². The molecule has 0 nitrogen and oxygen atoms in total. The molecule has 0 aliphatic carbocycles. The van der Waals surface area contributed by atoms with Crippen LogP contribution in [0, 0.1) is 0 Å². The van der Waals surface area contributed by atoms with Crippen LogP contribution in [0.2, 0.25) is 2.78 Å². The van der Waals surface area contributed by atoms with Crippen LogP contribution >= 0.6 is 0 Å². The van der Waals surface area contributed by atoms with Gasteiger partial charge >= 0.3 is 83.3 Å². The average Bonchev–Trinajstić information content (AvgIpc) is 1.89. The Labute approximate surface area is 82.2 Å². The molecule has 1 heteroatoms. The van der Waals surface area contributed by atoms with E-state index in [4.69, 9.17) is 0 Å². The third-order valence-electron chi connectivity index (χ3n) is 1.71. The van der Waals surface area contributed by atoms with Crippen molar-refractivity contribution in [3.8, 4) is 0 Å². The van der Waals surface area contributed by atoms with Crippen molar-refractivity contribution in [2.75, 3.05) is 0 Å². The Hall–Kier alpha value is 1.48. The molecule has 0 radical (unpaired) electrons. The van der Waals surface area contributed by atoms with Crippen LogP contribution in [0.15, 0.2) is 0 Å². The zero-order chi connectivity index (χ0) is 6.95. The Balaban J connectivity index is 2.60. The Kier molecular flexibility index (Phi) is 11.0. The summed E-state index contributed by atoms with van der Waals surface area (Å²) in [5.74, 6) is 0. The van der Waals surface area contributed by atoms with Gasteiger partial charge in [0.1, 0.15) is 0 Å². The summed E-state index contributed by atoms with van der Waals surface area (Å²) in [5.41, 5.74) is 0. The van der Waals surface area contributed by atoms with Crippen LogP contribution < -0.4 is 0 Å². The monoisotopic (exact) mass is 202 g/mol. The van der Waals surface area contributed by atoms with Gasteiger partial charge in [-0.2, -0.15) is 0 Å². The molecule has 0 spiro atoms. The van der Waals surface area contributed by atoms with Gasteiger partial charge in [0.2, 0.25) is 0 Å². The van der Waals surface area contributed by atoms with E-state index in [2.05, 4.69) is 13.8 Å². The fourth-order valence-corrected chi connectivity index (χ4v) is 6.10. The van der Waals surface area contributed by atoms with Crippen molar-refractivity contribution in [3.63, 3.8) is 0 Å². The molecule has 0 amide bonds. The van der Waals surface area contributed by atoms with Crippen molar-refractivity contribution >= 4 is 41.0 Å². The normalized spacial score (nSPS) is 9.11. The van der Waals surface area contributed by atoms with Crippen LogP contribution in [0.3, 0.4) is 0 Å². The van der Waals surface area contributed by atoms with Gasteiger partial charge in [0.25, 0.3) is 0 Å². The van der Waals surface area contributed by atoms with E-state index in [9.17, 15) is 0 Å². The number of hydrogen-bond donors (Lipinski definition) is 0. The molecular weight excluding hydrogens is 184 g/mol. The first-order valence-electron chi connectivity index (χ1n) is 4.41. The van der Waals surface area contributed by atoms with Crippen LogP contribution in [0.25, 0.3) is 0 Å². The third-order valence-corrected chi connectivity index (χ3v) is 6.62. The summed E-state index contributed by atoms with van der Waals surface area (Å²) in [7, 11) is 0. The zero-order valence-corrected chi connectivity index (χ0v) is 10.4. The van der Waals surface area contributed by atoms with Gasteiger partial charge in [-0.1, -0.05) is 0 Å². The molecule has 0 atom stereocenters. The molecule has 0 heterocycles. The van der Waals surface area contributed by atoms with E-state index in [-0.39, 0.29) is 41.0 Å². The van der Waals surface area contributed by atoms with Gasteiger partial charge in [0, 0.05) is 0 Å². The predicted octanol–water partition coefficient (Wildman–Crippen LogP) is 3.13. The van der Waals surface area contributed by atoms with Crippen molar-refractivity contribution in [2.45, 2.75) is 42.3 Å². The summed E-state index contributed by atoms with van der Waals surface area (Å²) in [5, 5.41) is 0. The number of hydrogen-bond acceptors (Lipinski definition) is 0. The van der Waals surface area contributed by atoms with E-state index >= 15 is 0 Å². The molecule has 0 saturated heterocycles. The molecule has 0 N–H and O–H groups in total. The second-order valence-corrected chi connectivity index (χ2v) is 7.98. The first-order chi connectivity index (χ1) is 4.41. The van der Waals surface area contributed by atoms with Crippen LogP contribution in [0.5, 0.6) is 0 Å². The van der Waals surface area contributed by atoms with Gasteiger partial charge in [-0.25, -0.2) is 0 Å². The summed E-state index contributed by atoms with van der Waals surface area (Å²) in [4.78, 5) is 0. The second-order valence-electron chi connectivity index (χ2n) is 2.77. The Morgan fingerprint density at radius 3 is 1.67 bits per heavy atom. The van der Waals surface area contributed by atoms with Gasteiger partial charge in [-0.3, -0.25) is 0 Å². The van der Waals surface area contributed by atoms with Crippen molar-refractivity contribution < 1.29 is 0 Å². The van der Waals surface area contributed by atoms with Crippen molar-refractivity contribution in [2.24, 2.45) is 0 Å². The summed E-state index contributed by atoms with van der Waals surface area (Å²) in [6, 6.07) is 0. The fourth-order valence-electron chi connectivity index (χ4n) is 1.03. The summed E-state index contributed by atoms with van der Waals surface area (Å²) in [6.45, 7) is 4.59. The molecule has 0 fully saturated rings. The van der Waals surface area contributed by atoms with Gasteiger partial charge in [0.15, 0.2) is 0 Å². The molecule has 0 aromatic rings. The van der Waals surface area contributed by atoms with E-state index < -0.39 is 0 Å². The molecule has 52 valence electrons. The standard InChI is InChI=1S/2C4H9.Sr/c2*1-3-4-2;/h2*1,3-4H2,2H3;. The third kappa shape index (κ3) is 9.48. The Morgan fingerprint density at radius 1 is 0.889 bits per heavy atom. The van der Waals surface area contributed by atoms with Gasteiger partial charge < -0.3 is 0 Å². The van der Waals surface area contributed by atoms with Gasteiger partial charge in [-0.15, -0.1) is 0 Å². The quantitative estimate of drug-likeness (QED) is 0.458. The van der Waals surface area contributed by atoms with E-state index in [1.165, 1.54) is 25.7 Å². The van der Waals surface area contributed by atoms with Crippen molar-refractivity contribution in [1.82, 2.24) is 0 Å². The molecule has 0 aliphatic rings. The Morgan fingerprint density at radius 2 is 1.33 bits per heavy atom. The molecule has 0 aromatic carbocycles. The molecule has 0 saturated carbocycles. The average molecular weight is 202 g/mol. The number of unbranched alkanes of at least 4 members (excludes halogenated alkanes) is 2. The predicted molar refractivity (Wildman–Crippen MR) is 45.2 cm³/mol. The topological polar surface area (TPSA) is 0 Å². The summed E-state index contributed by atoms with van der Waals surface area (Å²) < 4.78 is 3.33. The van der Waals surface area contributed by atoms with E-state index in [1.807, 2.05) is 0 Å². The molecular formula is C8H18Sr. The van der Waals surface area contributed by atoms with Crippen LogP contribution in [-0.2, 0) is 0 Å². The summed E-state index contributed by atoms with van der Waals surface area (Å²) >= 11 is -0.159. The van der Waals surface area contributed by atoms with Gasteiger partial charge in [0.05, 0.1) is 0 Å². The van der Waals surface area contributed by atoms with E-state index in [0.717, 1.165) is 0 Å². The van der Waals surface area contributed by atoms with Gasteiger partial charge in [-0.05, 0) is 0 Å². The summed E-state index contributed by atoms with van der Waals surface area (Å²) in [6.07, 6.45) is 5.89. The van der Waals surface area contributed by atoms with Crippen molar-refractivity contribution in [3.05, 3.63) is 0 Å². The molecule has 0 unspecified atom stereocenters. The van der Waals surface area contributed by atoms with E-state index in [1.54, 1.807) is 2.78 Å². The van der Waals surface area contributed by atoms with Crippen molar-refractivity contribution in [1.29, 1.82) is 0 Å². The maximum absolute atomic E-state index is 2.30.